The molecule has 19 heavy (non-hydrogen) atoms. The Morgan fingerprint density at radius 1 is 1.53 bits per heavy atom. The Hall–Kier alpha value is -1.10. The van der Waals surface area contributed by atoms with Gasteiger partial charge in [-0.05, 0) is 24.8 Å². The zero-order chi connectivity index (χ0) is 14.2. The number of nitrogens with zero attached hydrogens (tertiary/aromatic N) is 1. The van der Waals surface area contributed by atoms with Crippen molar-refractivity contribution < 1.29 is 14.3 Å². The molecule has 0 spiro atoms. The summed E-state index contributed by atoms with van der Waals surface area (Å²) in [6, 6.07) is 0. The maximum atomic E-state index is 12.3. The topological polar surface area (TPSA) is 46.6 Å². The molecule has 2 rings (SSSR count). The van der Waals surface area contributed by atoms with Crippen LogP contribution in [0.5, 0.6) is 0 Å². The number of hydrogen-bond acceptors (Lipinski definition) is 3. The van der Waals surface area contributed by atoms with Gasteiger partial charge in [0.2, 0.25) is 5.91 Å². The van der Waals surface area contributed by atoms with E-state index in [1.165, 1.54) is 6.92 Å². The van der Waals surface area contributed by atoms with Crippen molar-refractivity contribution >= 4 is 27.8 Å². The molecule has 4 nitrogen and oxygen atoms in total. The lowest BCUT2D eigenvalue weighted by atomic mass is 9.94. The first kappa shape index (κ1) is 14.3. The van der Waals surface area contributed by atoms with Gasteiger partial charge in [0.1, 0.15) is 5.60 Å². The number of hydrogen-bond donors (Lipinski definition) is 0. The number of amides is 1. The summed E-state index contributed by atoms with van der Waals surface area (Å²) in [4.78, 5) is 25.1. The van der Waals surface area contributed by atoms with Gasteiger partial charge in [-0.15, -0.1) is 0 Å². The summed E-state index contributed by atoms with van der Waals surface area (Å²) in [7, 11) is 0. The van der Waals surface area contributed by atoms with Crippen LogP contribution in [0, 0.1) is 5.92 Å². The van der Waals surface area contributed by atoms with E-state index < -0.39 is 5.60 Å². The molecule has 1 unspecified atom stereocenters. The molecule has 1 aliphatic carbocycles. The Kier molecular flexibility index (Phi) is 3.85. The average molecular weight is 328 g/mol. The minimum absolute atomic E-state index is 0.0569. The number of rotatable bonds is 3. The van der Waals surface area contributed by atoms with E-state index in [0.29, 0.717) is 13.1 Å². The van der Waals surface area contributed by atoms with Crippen molar-refractivity contribution in [1.82, 2.24) is 4.90 Å². The van der Waals surface area contributed by atoms with Gasteiger partial charge in [0.05, 0.1) is 6.54 Å². The minimum Gasteiger partial charge on any atom is -0.458 e. The van der Waals surface area contributed by atoms with Crippen LogP contribution in [-0.2, 0) is 14.3 Å². The molecular weight excluding hydrogens is 310 g/mol. The second-order valence-electron chi connectivity index (χ2n) is 5.68. The predicted molar refractivity (Wildman–Crippen MR) is 75.6 cm³/mol. The molecular formula is C14H18BrNO3. The summed E-state index contributed by atoms with van der Waals surface area (Å²) in [5.74, 6) is -0.0147. The largest absolute Gasteiger partial charge is 0.458 e. The summed E-state index contributed by atoms with van der Waals surface area (Å²) in [6.45, 7) is 6.16. The third-order valence-electron chi connectivity index (χ3n) is 3.29. The van der Waals surface area contributed by atoms with E-state index in [1.54, 1.807) is 4.90 Å². The third-order valence-corrected chi connectivity index (χ3v) is 3.88. The fraction of sp³-hybridized carbons (Fsp3) is 0.571. The van der Waals surface area contributed by atoms with Gasteiger partial charge in [-0.25, -0.2) is 0 Å². The average Bonchev–Trinajstić information content (AvgIpc) is 2.52. The van der Waals surface area contributed by atoms with Crippen molar-refractivity contribution in [2.45, 2.75) is 32.8 Å². The van der Waals surface area contributed by atoms with Crippen LogP contribution in [0.2, 0.25) is 0 Å². The molecule has 1 saturated heterocycles. The van der Waals surface area contributed by atoms with Gasteiger partial charge in [-0.1, -0.05) is 28.1 Å². The van der Waals surface area contributed by atoms with Crippen molar-refractivity contribution in [3.05, 3.63) is 22.2 Å². The number of carbonyl (C=O) groups excluding carboxylic acids is 2. The Morgan fingerprint density at radius 3 is 2.84 bits per heavy atom. The second kappa shape index (κ2) is 5.12. The van der Waals surface area contributed by atoms with Gasteiger partial charge >= 0.3 is 5.97 Å². The zero-order valence-corrected chi connectivity index (χ0v) is 13.0. The van der Waals surface area contributed by atoms with Crippen LogP contribution >= 0.6 is 15.9 Å². The molecule has 0 N–H and O–H groups in total. The van der Waals surface area contributed by atoms with Crippen LogP contribution in [0.25, 0.3) is 0 Å². The molecule has 2 aliphatic rings. The summed E-state index contributed by atoms with van der Waals surface area (Å²) in [5, 5.41) is 0. The predicted octanol–water partition coefficient (Wildman–Crippen LogP) is 2.40. The lowest BCUT2D eigenvalue weighted by molar-refractivity contribution is -0.156. The van der Waals surface area contributed by atoms with Crippen molar-refractivity contribution in [2.75, 3.05) is 13.1 Å². The SMILES string of the molecule is CC(=O)OC(C)(C)CN1CC2CC(Br)=CC=C2C1=O. The van der Waals surface area contributed by atoms with Gasteiger partial charge in [-0.3, -0.25) is 9.59 Å². The molecule has 1 heterocycles. The molecule has 1 amide bonds. The second-order valence-corrected chi connectivity index (χ2v) is 6.69. The van der Waals surface area contributed by atoms with Crippen molar-refractivity contribution in [2.24, 2.45) is 5.92 Å². The number of halogens is 1. The van der Waals surface area contributed by atoms with E-state index in [-0.39, 0.29) is 17.8 Å². The van der Waals surface area contributed by atoms with E-state index >= 15 is 0 Å². The number of allylic oxidation sites excluding steroid dienone is 3. The molecule has 1 fully saturated rings. The van der Waals surface area contributed by atoms with Gasteiger partial charge in [0, 0.05) is 25.0 Å². The molecule has 0 aromatic heterocycles. The third kappa shape index (κ3) is 3.26. The molecule has 1 atom stereocenters. The number of likely N-dealkylation sites (tertiary alicyclic amines) is 1. The van der Waals surface area contributed by atoms with E-state index in [4.69, 9.17) is 4.74 Å². The van der Waals surface area contributed by atoms with Crippen LogP contribution in [0.15, 0.2) is 22.2 Å². The molecule has 0 saturated carbocycles. The van der Waals surface area contributed by atoms with Gasteiger partial charge in [0.15, 0.2) is 0 Å². The summed E-state index contributed by atoms with van der Waals surface area (Å²) < 4.78 is 6.37. The normalized spacial score (nSPS) is 22.8. The first-order valence-corrected chi connectivity index (χ1v) is 7.13. The summed E-state index contributed by atoms with van der Waals surface area (Å²) >= 11 is 3.48. The number of ether oxygens (including phenoxy) is 1. The fourth-order valence-electron chi connectivity index (χ4n) is 2.69. The quantitative estimate of drug-likeness (QED) is 0.748. The van der Waals surface area contributed by atoms with Crippen molar-refractivity contribution in [3.8, 4) is 0 Å². The highest BCUT2D eigenvalue weighted by atomic mass is 79.9. The first-order valence-electron chi connectivity index (χ1n) is 6.33. The molecule has 0 bridgehead atoms. The van der Waals surface area contributed by atoms with Crippen LogP contribution in [0.1, 0.15) is 27.2 Å². The highest BCUT2D eigenvalue weighted by molar-refractivity contribution is 9.11. The van der Waals surface area contributed by atoms with Crippen molar-refractivity contribution in [1.29, 1.82) is 0 Å². The summed E-state index contributed by atoms with van der Waals surface area (Å²) in [6.07, 6.45) is 4.69. The highest BCUT2D eigenvalue weighted by Gasteiger charge is 2.39. The highest BCUT2D eigenvalue weighted by Crippen LogP contribution is 2.35. The molecule has 5 heteroatoms. The van der Waals surface area contributed by atoms with Crippen LogP contribution in [-0.4, -0.2) is 35.5 Å². The van der Waals surface area contributed by atoms with Gasteiger partial charge in [0.25, 0.3) is 0 Å². The Bertz CT molecular complexity index is 479. The number of carbonyl (C=O) groups is 2. The molecule has 0 radical (unpaired) electrons. The lowest BCUT2D eigenvalue weighted by Crippen LogP contribution is -2.42. The molecule has 1 aliphatic heterocycles. The molecule has 104 valence electrons. The maximum absolute atomic E-state index is 12.3. The van der Waals surface area contributed by atoms with E-state index in [2.05, 4.69) is 15.9 Å². The van der Waals surface area contributed by atoms with E-state index in [0.717, 1.165) is 16.5 Å². The van der Waals surface area contributed by atoms with E-state index in [1.807, 2.05) is 26.0 Å². The maximum Gasteiger partial charge on any atom is 0.303 e. The smallest absolute Gasteiger partial charge is 0.303 e. The minimum atomic E-state index is -0.653. The number of fused-ring (bicyclic) bond motifs is 1. The van der Waals surface area contributed by atoms with Crippen LogP contribution in [0.4, 0.5) is 0 Å². The van der Waals surface area contributed by atoms with Gasteiger partial charge < -0.3 is 9.64 Å². The zero-order valence-electron chi connectivity index (χ0n) is 11.4. The Balaban J connectivity index is 2.06. The Labute approximate surface area is 121 Å². The fourth-order valence-corrected chi connectivity index (χ4v) is 3.21. The Morgan fingerprint density at radius 2 is 2.21 bits per heavy atom. The van der Waals surface area contributed by atoms with Crippen LogP contribution < -0.4 is 0 Å². The van der Waals surface area contributed by atoms with Crippen LogP contribution in [0.3, 0.4) is 0 Å². The lowest BCUT2D eigenvalue weighted by Gasteiger charge is -2.29. The van der Waals surface area contributed by atoms with Gasteiger partial charge in [-0.2, -0.15) is 0 Å². The number of esters is 1. The standard InChI is InChI=1S/C14H18BrNO3/c1-9(17)19-14(2,3)8-16-7-10-6-11(15)4-5-12(10)13(16)18/h4-5,10H,6-8H2,1-3H3. The molecule has 0 aromatic rings. The monoisotopic (exact) mass is 327 g/mol. The molecule has 0 aromatic carbocycles. The van der Waals surface area contributed by atoms with E-state index in [9.17, 15) is 9.59 Å². The first-order chi connectivity index (χ1) is 8.78. The summed E-state index contributed by atoms with van der Waals surface area (Å²) in [5.41, 5.74) is 0.210. The van der Waals surface area contributed by atoms with Crippen molar-refractivity contribution in [3.63, 3.8) is 0 Å².